The molecule has 0 bridgehead atoms. The van der Waals surface area contributed by atoms with Crippen LogP contribution < -0.4 is 4.72 Å². The molecule has 2 aromatic carbocycles. The first-order valence-electron chi connectivity index (χ1n) is 7.14. The third-order valence-electron chi connectivity index (χ3n) is 3.22. The summed E-state index contributed by atoms with van der Waals surface area (Å²) in [5.74, 6) is -1.31. The standard InChI is InChI=1S/C17H16INO4S/c18-14-9-11-15(12-10-14)24(22,23)19-16(17(20)21)8-4-7-13-5-2-1-3-6-13/h1-3,5-6,8-12,19H,4,7H2,(H,20,21). The normalized spacial score (nSPS) is 12.0. The minimum Gasteiger partial charge on any atom is -0.477 e. The van der Waals surface area contributed by atoms with Crippen LogP contribution in [0, 0.1) is 3.57 Å². The number of sulfonamides is 1. The average molecular weight is 457 g/mol. The Kier molecular flexibility index (Phi) is 6.38. The molecule has 0 aliphatic heterocycles. The number of aliphatic carboxylic acids is 1. The summed E-state index contributed by atoms with van der Waals surface area (Å²) in [7, 11) is -3.92. The minimum absolute atomic E-state index is 0.0260. The Labute approximate surface area is 154 Å². The highest BCUT2D eigenvalue weighted by Crippen LogP contribution is 2.13. The molecule has 2 aromatic rings. The maximum atomic E-state index is 12.3. The number of rotatable bonds is 7. The molecule has 0 saturated heterocycles. The molecule has 126 valence electrons. The SMILES string of the molecule is O=C(O)C(=CCCc1ccccc1)NS(=O)(=O)c1ccc(I)cc1. The molecule has 0 unspecified atom stereocenters. The van der Waals surface area contributed by atoms with E-state index in [2.05, 4.69) is 27.3 Å². The number of carbonyl (C=O) groups is 1. The average Bonchev–Trinajstić information content (AvgIpc) is 2.55. The molecule has 0 amide bonds. The molecule has 24 heavy (non-hydrogen) atoms. The van der Waals surface area contributed by atoms with Gasteiger partial charge < -0.3 is 5.11 Å². The third-order valence-corrected chi connectivity index (χ3v) is 5.32. The lowest BCUT2D eigenvalue weighted by Crippen LogP contribution is -2.27. The van der Waals surface area contributed by atoms with E-state index >= 15 is 0 Å². The Morgan fingerprint density at radius 1 is 1.08 bits per heavy atom. The van der Waals surface area contributed by atoms with Gasteiger partial charge >= 0.3 is 5.97 Å². The Morgan fingerprint density at radius 3 is 2.29 bits per heavy atom. The topological polar surface area (TPSA) is 83.5 Å². The van der Waals surface area contributed by atoms with Gasteiger partial charge in [0, 0.05) is 3.57 Å². The number of aryl methyl sites for hydroxylation is 1. The van der Waals surface area contributed by atoms with Gasteiger partial charge in [0.25, 0.3) is 10.0 Å². The molecular weight excluding hydrogens is 441 g/mol. The van der Waals surface area contributed by atoms with E-state index in [-0.39, 0.29) is 10.6 Å². The number of hydrogen-bond donors (Lipinski definition) is 2. The molecule has 0 atom stereocenters. The monoisotopic (exact) mass is 457 g/mol. The fourth-order valence-corrected chi connectivity index (χ4v) is 3.45. The van der Waals surface area contributed by atoms with Gasteiger partial charge in [-0.2, -0.15) is 0 Å². The fourth-order valence-electron chi connectivity index (χ4n) is 2.02. The van der Waals surface area contributed by atoms with E-state index < -0.39 is 16.0 Å². The smallest absolute Gasteiger partial charge is 0.352 e. The van der Waals surface area contributed by atoms with Gasteiger partial charge in [-0.3, -0.25) is 4.72 Å². The molecule has 0 radical (unpaired) electrons. The zero-order valence-electron chi connectivity index (χ0n) is 12.6. The second kappa shape index (κ2) is 8.29. The van der Waals surface area contributed by atoms with E-state index in [1.54, 1.807) is 12.1 Å². The molecule has 0 fully saturated rings. The van der Waals surface area contributed by atoms with E-state index in [0.717, 1.165) is 9.13 Å². The van der Waals surface area contributed by atoms with E-state index in [1.165, 1.54) is 18.2 Å². The number of allylic oxidation sites excluding steroid dienone is 1. The van der Waals surface area contributed by atoms with Crippen molar-refractivity contribution in [1.82, 2.24) is 4.72 Å². The van der Waals surface area contributed by atoms with Crippen molar-refractivity contribution in [2.24, 2.45) is 0 Å². The highest BCUT2D eigenvalue weighted by Gasteiger charge is 2.18. The van der Waals surface area contributed by atoms with Crippen LogP contribution in [-0.4, -0.2) is 19.5 Å². The van der Waals surface area contributed by atoms with Crippen molar-refractivity contribution in [3.05, 3.63) is 75.5 Å². The summed E-state index contributed by atoms with van der Waals surface area (Å²) in [4.78, 5) is 11.3. The number of halogens is 1. The Balaban J connectivity index is 2.11. The first kappa shape index (κ1) is 18.5. The number of carboxylic acid groups (broad SMARTS) is 1. The van der Waals surface area contributed by atoms with Crippen LogP contribution in [0.4, 0.5) is 0 Å². The zero-order chi connectivity index (χ0) is 17.6. The maximum absolute atomic E-state index is 12.3. The zero-order valence-corrected chi connectivity index (χ0v) is 15.6. The van der Waals surface area contributed by atoms with Crippen molar-refractivity contribution in [3.63, 3.8) is 0 Å². The molecule has 2 N–H and O–H groups in total. The van der Waals surface area contributed by atoms with E-state index in [1.807, 2.05) is 30.3 Å². The quantitative estimate of drug-likeness (QED) is 0.495. The van der Waals surface area contributed by atoms with Gasteiger partial charge in [-0.25, -0.2) is 13.2 Å². The van der Waals surface area contributed by atoms with Gasteiger partial charge in [-0.1, -0.05) is 36.4 Å². The van der Waals surface area contributed by atoms with E-state index in [4.69, 9.17) is 0 Å². The molecule has 0 aliphatic carbocycles. The van der Waals surface area contributed by atoms with Crippen LogP contribution in [0.3, 0.4) is 0 Å². The Bertz CT molecular complexity index is 831. The van der Waals surface area contributed by atoms with E-state index in [0.29, 0.717) is 12.8 Å². The van der Waals surface area contributed by atoms with Crippen LogP contribution >= 0.6 is 22.6 Å². The van der Waals surface area contributed by atoms with Gasteiger partial charge in [0.15, 0.2) is 0 Å². The van der Waals surface area contributed by atoms with Crippen LogP contribution in [0.5, 0.6) is 0 Å². The van der Waals surface area contributed by atoms with Crippen molar-refractivity contribution < 1.29 is 18.3 Å². The van der Waals surface area contributed by atoms with Crippen molar-refractivity contribution in [3.8, 4) is 0 Å². The van der Waals surface area contributed by atoms with Crippen LogP contribution in [0.25, 0.3) is 0 Å². The van der Waals surface area contributed by atoms with Crippen LogP contribution in [-0.2, 0) is 21.2 Å². The van der Waals surface area contributed by atoms with Crippen LogP contribution in [0.2, 0.25) is 0 Å². The van der Waals surface area contributed by atoms with Crippen molar-refractivity contribution in [2.45, 2.75) is 17.7 Å². The third kappa shape index (κ3) is 5.34. The molecule has 0 saturated carbocycles. The summed E-state index contributed by atoms with van der Waals surface area (Å²) < 4.78 is 27.6. The summed E-state index contributed by atoms with van der Waals surface area (Å²) in [6, 6.07) is 15.7. The Hall–Kier alpha value is -1.87. The number of nitrogens with one attached hydrogen (secondary N) is 1. The first-order chi connectivity index (χ1) is 11.4. The van der Waals surface area contributed by atoms with Gasteiger partial charge in [0.05, 0.1) is 4.90 Å². The van der Waals surface area contributed by atoms with Crippen LogP contribution in [0.15, 0.2) is 71.3 Å². The van der Waals surface area contributed by atoms with Gasteiger partial charge in [-0.05, 0) is 65.3 Å². The van der Waals surface area contributed by atoms with Gasteiger partial charge in [0.1, 0.15) is 5.70 Å². The lowest BCUT2D eigenvalue weighted by molar-refractivity contribution is -0.132. The molecule has 0 aliphatic rings. The first-order valence-corrected chi connectivity index (χ1v) is 9.70. The summed E-state index contributed by atoms with van der Waals surface area (Å²) in [6.07, 6.45) is 2.43. The fraction of sp³-hybridized carbons (Fsp3) is 0.118. The number of hydrogen-bond acceptors (Lipinski definition) is 3. The number of benzene rings is 2. The Morgan fingerprint density at radius 2 is 1.71 bits per heavy atom. The predicted molar refractivity (Wildman–Crippen MR) is 100.0 cm³/mol. The molecule has 0 heterocycles. The summed E-state index contributed by atoms with van der Waals surface area (Å²) >= 11 is 2.06. The molecule has 0 spiro atoms. The lowest BCUT2D eigenvalue weighted by Gasteiger charge is -2.09. The minimum atomic E-state index is -3.92. The second-order valence-electron chi connectivity index (χ2n) is 5.01. The van der Waals surface area contributed by atoms with E-state index in [9.17, 15) is 18.3 Å². The van der Waals surface area contributed by atoms with Crippen molar-refractivity contribution in [1.29, 1.82) is 0 Å². The molecule has 2 rings (SSSR count). The van der Waals surface area contributed by atoms with Crippen molar-refractivity contribution in [2.75, 3.05) is 0 Å². The van der Waals surface area contributed by atoms with Crippen molar-refractivity contribution >= 4 is 38.6 Å². The highest BCUT2D eigenvalue weighted by molar-refractivity contribution is 14.1. The van der Waals surface area contributed by atoms with Gasteiger partial charge in [0.2, 0.25) is 0 Å². The lowest BCUT2D eigenvalue weighted by atomic mass is 10.1. The molecule has 0 aromatic heterocycles. The summed E-state index contributed by atoms with van der Waals surface area (Å²) in [6.45, 7) is 0. The predicted octanol–water partition coefficient (Wildman–Crippen LogP) is 3.17. The largest absolute Gasteiger partial charge is 0.477 e. The molecule has 7 heteroatoms. The molecule has 5 nitrogen and oxygen atoms in total. The summed E-state index contributed by atoms with van der Waals surface area (Å²) in [5.41, 5.74) is 0.712. The second-order valence-corrected chi connectivity index (χ2v) is 7.93. The summed E-state index contributed by atoms with van der Waals surface area (Å²) in [5, 5.41) is 9.23. The number of carboxylic acids is 1. The highest BCUT2D eigenvalue weighted by atomic mass is 127. The maximum Gasteiger partial charge on any atom is 0.352 e. The van der Waals surface area contributed by atoms with Crippen LogP contribution in [0.1, 0.15) is 12.0 Å². The van der Waals surface area contributed by atoms with Gasteiger partial charge in [-0.15, -0.1) is 0 Å². The molecular formula is C17H16INO4S.